The fourth-order valence-corrected chi connectivity index (χ4v) is 1.64. The summed E-state index contributed by atoms with van der Waals surface area (Å²) < 4.78 is 0.738. The third kappa shape index (κ3) is 3.68. The van der Waals surface area contributed by atoms with Crippen molar-refractivity contribution in [2.24, 2.45) is 0 Å². The molecular weight excluding hydrogens is 281 g/mol. The van der Waals surface area contributed by atoms with Gasteiger partial charge in [-0.25, -0.2) is 4.98 Å². The van der Waals surface area contributed by atoms with Gasteiger partial charge in [0.05, 0.1) is 16.0 Å². The highest BCUT2D eigenvalue weighted by Crippen LogP contribution is 2.22. The molecule has 1 aromatic heterocycles. The van der Waals surface area contributed by atoms with E-state index in [0.717, 1.165) is 4.47 Å². The average molecular weight is 293 g/mol. The SMILES string of the molecule is CN(C)C(=O)CNc1ncc(Cl)cc1Br. The average Bonchev–Trinajstić information content (AvgIpc) is 2.15. The zero-order valence-electron chi connectivity index (χ0n) is 8.42. The maximum absolute atomic E-state index is 11.3. The number of nitrogens with zero attached hydrogens (tertiary/aromatic N) is 2. The molecule has 1 N–H and O–H groups in total. The molecule has 0 fully saturated rings. The molecule has 0 saturated heterocycles. The lowest BCUT2D eigenvalue weighted by molar-refractivity contribution is -0.126. The van der Waals surface area contributed by atoms with Crippen LogP contribution in [0.5, 0.6) is 0 Å². The first-order valence-electron chi connectivity index (χ1n) is 4.26. The van der Waals surface area contributed by atoms with Crippen LogP contribution in [0, 0.1) is 0 Å². The van der Waals surface area contributed by atoms with Crippen LogP contribution in [0.1, 0.15) is 0 Å². The fraction of sp³-hybridized carbons (Fsp3) is 0.333. The number of likely N-dealkylation sites (N-methyl/N-ethyl adjacent to an activating group) is 1. The standard InChI is InChI=1S/C9H11BrClN3O/c1-14(2)8(15)5-13-9-7(10)3-6(11)4-12-9/h3-4H,5H2,1-2H3,(H,12,13). The quantitative estimate of drug-likeness (QED) is 0.927. The molecule has 0 bridgehead atoms. The number of amides is 1. The molecule has 0 saturated carbocycles. The molecule has 1 aromatic rings. The van der Waals surface area contributed by atoms with E-state index in [1.54, 1.807) is 20.2 Å². The number of carbonyl (C=O) groups excluding carboxylic acids is 1. The molecular formula is C9H11BrClN3O. The summed E-state index contributed by atoms with van der Waals surface area (Å²) in [6.45, 7) is 0.209. The van der Waals surface area contributed by atoms with Gasteiger partial charge in [-0.15, -0.1) is 0 Å². The number of carbonyl (C=O) groups is 1. The van der Waals surface area contributed by atoms with Gasteiger partial charge in [0.2, 0.25) is 5.91 Å². The second kappa shape index (κ2) is 5.32. The molecule has 1 amide bonds. The van der Waals surface area contributed by atoms with Gasteiger partial charge in [0.15, 0.2) is 0 Å². The molecule has 0 aliphatic rings. The highest BCUT2D eigenvalue weighted by atomic mass is 79.9. The lowest BCUT2D eigenvalue weighted by Gasteiger charge is -2.11. The smallest absolute Gasteiger partial charge is 0.241 e. The Morgan fingerprint density at radius 3 is 2.87 bits per heavy atom. The van der Waals surface area contributed by atoms with E-state index in [1.165, 1.54) is 11.1 Å². The Hall–Kier alpha value is -0.810. The molecule has 1 heterocycles. The summed E-state index contributed by atoms with van der Waals surface area (Å²) >= 11 is 9.03. The van der Waals surface area contributed by atoms with Crippen molar-refractivity contribution in [1.82, 2.24) is 9.88 Å². The maximum Gasteiger partial charge on any atom is 0.241 e. The number of aromatic nitrogens is 1. The molecule has 0 aromatic carbocycles. The second-order valence-electron chi connectivity index (χ2n) is 3.13. The first-order valence-corrected chi connectivity index (χ1v) is 5.43. The zero-order valence-corrected chi connectivity index (χ0v) is 10.8. The number of hydrogen-bond acceptors (Lipinski definition) is 3. The first kappa shape index (κ1) is 12.3. The Morgan fingerprint density at radius 2 is 2.33 bits per heavy atom. The minimum atomic E-state index is -0.0151. The lowest BCUT2D eigenvalue weighted by Crippen LogP contribution is -2.28. The minimum absolute atomic E-state index is 0.0151. The Morgan fingerprint density at radius 1 is 1.67 bits per heavy atom. The van der Waals surface area contributed by atoms with Gasteiger partial charge < -0.3 is 10.2 Å². The van der Waals surface area contributed by atoms with E-state index < -0.39 is 0 Å². The predicted molar refractivity (Wildman–Crippen MR) is 64.1 cm³/mol. The number of anilines is 1. The number of halogens is 2. The van der Waals surface area contributed by atoms with Crippen LogP contribution in [0.4, 0.5) is 5.82 Å². The van der Waals surface area contributed by atoms with Crippen molar-refractivity contribution < 1.29 is 4.79 Å². The number of hydrogen-bond donors (Lipinski definition) is 1. The van der Waals surface area contributed by atoms with Crippen molar-refractivity contribution in [3.63, 3.8) is 0 Å². The summed E-state index contributed by atoms with van der Waals surface area (Å²) in [5.74, 6) is 0.591. The van der Waals surface area contributed by atoms with Gasteiger partial charge >= 0.3 is 0 Å². The van der Waals surface area contributed by atoms with Gasteiger partial charge in [0.1, 0.15) is 5.82 Å². The van der Waals surface area contributed by atoms with Crippen molar-refractivity contribution in [1.29, 1.82) is 0 Å². The predicted octanol–water partition coefficient (Wildman–Crippen LogP) is 2.00. The molecule has 4 nitrogen and oxygen atoms in total. The topological polar surface area (TPSA) is 45.2 Å². The van der Waals surface area contributed by atoms with E-state index in [2.05, 4.69) is 26.2 Å². The summed E-state index contributed by atoms with van der Waals surface area (Å²) in [6, 6.07) is 1.72. The summed E-state index contributed by atoms with van der Waals surface area (Å²) in [6.07, 6.45) is 1.52. The van der Waals surface area contributed by atoms with E-state index >= 15 is 0 Å². The fourth-order valence-electron chi connectivity index (χ4n) is 0.862. The van der Waals surface area contributed by atoms with Gasteiger partial charge in [-0.2, -0.15) is 0 Å². The molecule has 0 atom stereocenters. The van der Waals surface area contributed by atoms with Crippen LogP contribution in [0.3, 0.4) is 0 Å². The molecule has 0 unspecified atom stereocenters. The van der Waals surface area contributed by atoms with Crippen molar-refractivity contribution in [2.75, 3.05) is 26.0 Å². The van der Waals surface area contributed by atoms with Gasteiger partial charge in [0, 0.05) is 20.3 Å². The Labute approximate surface area is 102 Å². The Balaban J connectivity index is 2.62. The molecule has 0 radical (unpaired) electrons. The first-order chi connectivity index (χ1) is 7.00. The van der Waals surface area contributed by atoms with E-state index in [-0.39, 0.29) is 12.5 Å². The van der Waals surface area contributed by atoms with Crippen LogP contribution >= 0.6 is 27.5 Å². The molecule has 0 aliphatic carbocycles. The Kier molecular flexibility index (Phi) is 4.35. The molecule has 15 heavy (non-hydrogen) atoms. The molecule has 0 spiro atoms. The van der Waals surface area contributed by atoms with Crippen LogP contribution in [0.2, 0.25) is 5.02 Å². The van der Waals surface area contributed by atoms with Gasteiger partial charge in [0.25, 0.3) is 0 Å². The van der Waals surface area contributed by atoms with Crippen LogP contribution in [-0.2, 0) is 4.79 Å². The van der Waals surface area contributed by atoms with Crippen molar-refractivity contribution in [2.45, 2.75) is 0 Å². The van der Waals surface area contributed by atoms with E-state index in [9.17, 15) is 4.79 Å². The van der Waals surface area contributed by atoms with E-state index in [4.69, 9.17) is 11.6 Å². The van der Waals surface area contributed by atoms with Crippen LogP contribution in [0.25, 0.3) is 0 Å². The highest BCUT2D eigenvalue weighted by Gasteiger charge is 2.06. The third-order valence-corrected chi connectivity index (χ3v) is 2.52. The van der Waals surface area contributed by atoms with Gasteiger partial charge in [-0.05, 0) is 22.0 Å². The van der Waals surface area contributed by atoms with Crippen LogP contribution in [0.15, 0.2) is 16.7 Å². The number of pyridine rings is 1. The largest absolute Gasteiger partial charge is 0.360 e. The summed E-state index contributed by atoms with van der Waals surface area (Å²) in [5.41, 5.74) is 0. The van der Waals surface area contributed by atoms with Crippen molar-refractivity contribution in [3.8, 4) is 0 Å². The summed E-state index contributed by atoms with van der Waals surface area (Å²) in [5, 5.41) is 3.46. The minimum Gasteiger partial charge on any atom is -0.360 e. The van der Waals surface area contributed by atoms with E-state index in [1.807, 2.05) is 0 Å². The van der Waals surface area contributed by atoms with Crippen LogP contribution < -0.4 is 5.32 Å². The normalized spacial score (nSPS) is 9.87. The van der Waals surface area contributed by atoms with Gasteiger partial charge in [-0.3, -0.25) is 4.79 Å². The summed E-state index contributed by atoms with van der Waals surface area (Å²) in [4.78, 5) is 16.8. The van der Waals surface area contributed by atoms with Crippen molar-refractivity contribution >= 4 is 39.3 Å². The molecule has 0 aliphatic heterocycles. The maximum atomic E-state index is 11.3. The second-order valence-corrected chi connectivity index (χ2v) is 4.42. The van der Waals surface area contributed by atoms with Crippen molar-refractivity contribution in [3.05, 3.63) is 21.8 Å². The zero-order chi connectivity index (χ0) is 11.4. The number of nitrogens with one attached hydrogen (secondary N) is 1. The molecule has 1 rings (SSSR count). The van der Waals surface area contributed by atoms with Crippen LogP contribution in [-0.4, -0.2) is 36.4 Å². The molecule has 6 heteroatoms. The van der Waals surface area contributed by atoms with Gasteiger partial charge in [-0.1, -0.05) is 11.6 Å². The highest BCUT2D eigenvalue weighted by molar-refractivity contribution is 9.10. The lowest BCUT2D eigenvalue weighted by atomic mass is 10.4. The third-order valence-electron chi connectivity index (χ3n) is 1.71. The van der Waals surface area contributed by atoms with E-state index in [0.29, 0.717) is 10.8 Å². The molecule has 82 valence electrons. The Bertz CT molecular complexity index is 370. The number of rotatable bonds is 3. The monoisotopic (exact) mass is 291 g/mol. The summed E-state index contributed by atoms with van der Waals surface area (Å²) in [7, 11) is 3.41.